The maximum absolute atomic E-state index is 11.8. The van der Waals surface area contributed by atoms with E-state index in [9.17, 15) is 4.79 Å². The van der Waals surface area contributed by atoms with Crippen molar-refractivity contribution >= 4 is 0 Å². The molecule has 3 aromatic rings. The van der Waals surface area contributed by atoms with Gasteiger partial charge in [0, 0.05) is 18.7 Å². The van der Waals surface area contributed by atoms with Crippen molar-refractivity contribution in [3.05, 3.63) is 65.2 Å². The summed E-state index contributed by atoms with van der Waals surface area (Å²) in [5.74, 6) is 0. The molecule has 0 aliphatic heterocycles. The quantitative estimate of drug-likeness (QED) is 0.717. The molecular weight excluding hydrogens is 256 g/mol. The molecule has 0 aliphatic carbocycles. The number of hydrogen-bond donors (Lipinski definition) is 0. The van der Waals surface area contributed by atoms with Crippen molar-refractivity contribution in [1.82, 2.24) is 19.7 Å². The smallest absolute Gasteiger partial charge is 0.266 e. The molecule has 6 heteroatoms. The minimum absolute atomic E-state index is 0.145. The van der Waals surface area contributed by atoms with Gasteiger partial charge in [0.25, 0.3) is 5.56 Å². The summed E-state index contributed by atoms with van der Waals surface area (Å²) in [6, 6.07) is 8.75. The summed E-state index contributed by atoms with van der Waals surface area (Å²) in [6.07, 6.45) is 5.22. The van der Waals surface area contributed by atoms with Crippen LogP contribution in [0.15, 0.2) is 58.4 Å². The lowest BCUT2D eigenvalue weighted by Gasteiger charge is -2.05. The van der Waals surface area contributed by atoms with Crippen molar-refractivity contribution in [2.24, 2.45) is 0 Å². The van der Waals surface area contributed by atoms with Gasteiger partial charge in [-0.2, -0.15) is 5.10 Å². The molecule has 3 heterocycles. The Bertz CT molecular complexity index is 735. The van der Waals surface area contributed by atoms with Gasteiger partial charge in [-0.3, -0.25) is 9.78 Å². The number of aromatic nitrogens is 4. The molecule has 0 fully saturated rings. The lowest BCUT2D eigenvalue weighted by Crippen LogP contribution is -2.23. The molecule has 0 saturated heterocycles. The van der Waals surface area contributed by atoms with Gasteiger partial charge in [0.2, 0.25) is 0 Å². The lowest BCUT2D eigenvalue weighted by molar-refractivity contribution is 0.550. The fourth-order valence-electron chi connectivity index (χ4n) is 1.84. The first-order valence-electron chi connectivity index (χ1n) is 6.19. The third-order valence-electron chi connectivity index (χ3n) is 2.86. The third-order valence-corrected chi connectivity index (χ3v) is 2.86. The van der Waals surface area contributed by atoms with E-state index in [4.69, 9.17) is 4.42 Å². The first kappa shape index (κ1) is 12.3. The summed E-state index contributed by atoms with van der Waals surface area (Å²) in [7, 11) is 0. The van der Waals surface area contributed by atoms with Crippen LogP contribution in [-0.4, -0.2) is 19.7 Å². The van der Waals surface area contributed by atoms with E-state index in [1.807, 2.05) is 18.2 Å². The predicted molar refractivity (Wildman–Crippen MR) is 71.9 cm³/mol. The van der Waals surface area contributed by atoms with E-state index >= 15 is 0 Å². The second kappa shape index (κ2) is 5.48. The van der Waals surface area contributed by atoms with Crippen LogP contribution in [0.5, 0.6) is 0 Å². The number of pyridine rings is 1. The summed E-state index contributed by atoms with van der Waals surface area (Å²) in [6.45, 7) is 0.450. The number of nitrogens with zero attached hydrogens (tertiary/aromatic N) is 4. The van der Waals surface area contributed by atoms with Crippen LogP contribution in [-0.2, 0) is 13.0 Å². The zero-order valence-electron chi connectivity index (χ0n) is 10.6. The lowest BCUT2D eigenvalue weighted by atomic mass is 10.2. The molecule has 0 aliphatic rings. The molecule has 0 bridgehead atoms. The maximum Gasteiger partial charge on any atom is 0.266 e. The predicted octanol–water partition coefficient (Wildman–Crippen LogP) is 1.54. The Morgan fingerprint density at radius 3 is 2.80 bits per heavy atom. The van der Waals surface area contributed by atoms with E-state index in [1.165, 1.54) is 17.1 Å². The molecule has 100 valence electrons. The Morgan fingerprint density at radius 1 is 1.10 bits per heavy atom. The first-order valence-corrected chi connectivity index (χ1v) is 6.19. The van der Waals surface area contributed by atoms with E-state index in [0.717, 1.165) is 11.4 Å². The van der Waals surface area contributed by atoms with Gasteiger partial charge in [-0.15, -0.1) is 0 Å². The van der Waals surface area contributed by atoms with Gasteiger partial charge >= 0.3 is 0 Å². The van der Waals surface area contributed by atoms with Crippen LogP contribution in [0.1, 0.15) is 5.69 Å². The van der Waals surface area contributed by atoms with Crippen LogP contribution in [0.3, 0.4) is 0 Å². The van der Waals surface area contributed by atoms with Gasteiger partial charge in [-0.05, 0) is 18.2 Å². The first-order chi connectivity index (χ1) is 9.83. The standard InChI is InChI=1S/C14H12N4O2/c19-14-5-4-13(12-3-1-2-7-15-12)17-18(14)8-6-11-9-20-10-16-11/h1-5,7,9-10H,6,8H2. The van der Waals surface area contributed by atoms with E-state index in [1.54, 1.807) is 18.5 Å². The molecule has 0 saturated carbocycles. The summed E-state index contributed by atoms with van der Waals surface area (Å²) >= 11 is 0. The molecule has 0 spiro atoms. The zero-order chi connectivity index (χ0) is 13.8. The Morgan fingerprint density at radius 2 is 2.05 bits per heavy atom. The van der Waals surface area contributed by atoms with Crippen LogP contribution in [0, 0.1) is 0 Å². The number of hydrogen-bond acceptors (Lipinski definition) is 5. The fraction of sp³-hybridized carbons (Fsp3) is 0.143. The molecule has 0 amide bonds. The van der Waals surface area contributed by atoms with E-state index < -0.39 is 0 Å². The van der Waals surface area contributed by atoms with Gasteiger partial charge in [0.1, 0.15) is 12.0 Å². The zero-order valence-corrected chi connectivity index (χ0v) is 10.6. The molecule has 0 radical (unpaired) electrons. The van der Waals surface area contributed by atoms with Crippen molar-refractivity contribution in [1.29, 1.82) is 0 Å². The molecule has 0 unspecified atom stereocenters. The van der Waals surface area contributed by atoms with Gasteiger partial charge in [-0.25, -0.2) is 9.67 Å². The minimum Gasteiger partial charge on any atom is -0.451 e. The van der Waals surface area contributed by atoms with E-state index in [-0.39, 0.29) is 5.56 Å². The van der Waals surface area contributed by atoms with Crippen molar-refractivity contribution in [2.45, 2.75) is 13.0 Å². The van der Waals surface area contributed by atoms with Crippen molar-refractivity contribution < 1.29 is 4.42 Å². The summed E-state index contributed by atoms with van der Waals surface area (Å²) in [4.78, 5) is 20.0. The number of aryl methyl sites for hydroxylation is 2. The third kappa shape index (κ3) is 2.64. The van der Waals surface area contributed by atoms with Gasteiger partial charge in [0.15, 0.2) is 6.39 Å². The highest BCUT2D eigenvalue weighted by molar-refractivity contribution is 5.52. The Kier molecular flexibility index (Phi) is 3.36. The van der Waals surface area contributed by atoms with Crippen LogP contribution in [0.2, 0.25) is 0 Å². The highest BCUT2D eigenvalue weighted by Gasteiger charge is 2.05. The Balaban J connectivity index is 1.85. The Hall–Kier alpha value is -2.76. The minimum atomic E-state index is -0.145. The second-order valence-electron chi connectivity index (χ2n) is 4.22. The van der Waals surface area contributed by atoms with Crippen molar-refractivity contribution in [3.8, 4) is 11.4 Å². The summed E-state index contributed by atoms with van der Waals surface area (Å²) in [5, 5.41) is 4.33. The molecular formula is C14H12N4O2. The molecule has 20 heavy (non-hydrogen) atoms. The molecule has 3 rings (SSSR count). The van der Waals surface area contributed by atoms with Crippen LogP contribution < -0.4 is 5.56 Å². The average Bonchev–Trinajstić information content (AvgIpc) is 3.01. The van der Waals surface area contributed by atoms with Gasteiger partial charge in [0.05, 0.1) is 17.9 Å². The van der Waals surface area contributed by atoms with Crippen molar-refractivity contribution in [3.63, 3.8) is 0 Å². The molecule has 0 atom stereocenters. The van der Waals surface area contributed by atoms with Crippen LogP contribution in [0.25, 0.3) is 11.4 Å². The van der Waals surface area contributed by atoms with Crippen LogP contribution in [0.4, 0.5) is 0 Å². The van der Waals surface area contributed by atoms with E-state index in [2.05, 4.69) is 15.1 Å². The normalized spacial score (nSPS) is 10.6. The Labute approximate surface area is 114 Å². The van der Waals surface area contributed by atoms with E-state index in [0.29, 0.717) is 18.7 Å². The molecule has 0 N–H and O–H groups in total. The molecule has 3 aromatic heterocycles. The summed E-state index contributed by atoms with van der Waals surface area (Å²) < 4.78 is 6.31. The van der Waals surface area contributed by atoms with Crippen LogP contribution >= 0.6 is 0 Å². The second-order valence-corrected chi connectivity index (χ2v) is 4.22. The van der Waals surface area contributed by atoms with Gasteiger partial charge in [-0.1, -0.05) is 6.07 Å². The summed E-state index contributed by atoms with van der Waals surface area (Å²) in [5.41, 5.74) is 2.06. The highest BCUT2D eigenvalue weighted by Crippen LogP contribution is 2.10. The number of rotatable bonds is 4. The largest absolute Gasteiger partial charge is 0.451 e. The monoisotopic (exact) mass is 268 g/mol. The molecule has 6 nitrogen and oxygen atoms in total. The molecule has 0 aromatic carbocycles. The maximum atomic E-state index is 11.8. The SMILES string of the molecule is O=c1ccc(-c2ccccn2)nn1CCc1cocn1. The average molecular weight is 268 g/mol. The highest BCUT2D eigenvalue weighted by atomic mass is 16.3. The topological polar surface area (TPSA) is 73.8 Å². The number of oxazole rings is 1. The van der Waals surface area contributed by atoms with Gasteiger partial charge < -0.3 is 4.42 Å². The fourth-order valence-corrected chi connectivity index (χ4v) is 1.84. The van der Waals surface area contributed by atoms with Crippen molar-refractivity contribution in [2.75, 3.05) is 0 Å².